The first-order chi connectivity index (χ1) is 10.0. The Morgan fingerprint density at radius 1 is 1.48 bits per heavy atom. The molecule has 1 aliphatic carbocycles. The van der Waals surface area contributed by atoms with Crippen molar-refractivity contribution >= 4 is 6.03 Å². The van der Waals surface area contributed by atoms with Gasteiger partial charge in [-0.2, -0.15) is 0 Å². The minimum atomic E-state index is -0.687. The maximum atomic E-state index is 12.0. The Balaban J connectivity index is 1.75. The van der Waals surface area contributed by atoms with Crippen LogP contribution in [-0.4, -0.2) is 46.8 Å². The van der Waals surface area contributed by atoms with Crippen molar-refractivity contribution in [2.24, 2.45) is 0 Å². The van der Waals surface area contributed by atoms with E-state index in [0.29, 0.717) is 13.1 Å². The van der Waals surface area contributed by atoms with Gasteiger partial charge in [-0.1, -0.05) is 12.8 Å². The molecule has 0 atom stereocenters. The summed E-state index contributed by atoms with van der Waals surface area (Å²) in [6, 6.07) is 1.86. The number of carbonyl (C=O) groups is 1. The number of aromatic nitrogens is 1. The Kier molecular flexibility index (Phi) is 5.17. The molecule has 0 bridgehead atoms. The number of aryl methyl sites for hydroxylation is 1. The summed E-state index contributed by atoms with van der Waals surface area (Å²) in [4.78, 5) is 17.7. The highest BCUT2D eigenvalue weighted by Gasteiger charge is 2.33. The van der Waals surface area contributed by atoms with Crippen molar-refractivity contribution in [3.05, 3.63) is 29.6 Å². The third kappa shape index (κ3) is 4.43. The highest BCUT2D eigenvalue weighted by molar-refractivity contribution is 5.73. The number of hydrogen-bond donors (Lipinski definition) is 2. The van der Waals surface area contributed by atoms with Gasteiger partial charge in [0.25, 0.3) is 0 Å². The molecule has 1 aliphatic rings. The molecule has 2 N–H and O–H groups in total. The molecule has 0 radical (unpaired) electrons. The highest BCUT2D eigenvalue weighted by atomic mass is 16.3. The van der Waals surface area contributed by atoms with Crippen LogP contribution >= 0.6 is 0 Å². The molecule has 1 heterocycles. The van der Waals surface area contributed by atoms with Gasteiger partial charge < -0.3 is 15.3 Å². The minimum absolute atomic E-state index is 0.123. The topological polar surface area (TPSA) is 65.5 Å². The summed E-state index contributed by atoms with van der Waals surface area (Å²) >= 11 is 0. The molecule has 0 aliphatic heterocycles. The van der Waals surface area contributed by atoms with Crippen LogP contribution in [0.25, 0.3) is 0 Å². The summed E-state index contributed by atoms with van der Waals surface area (Å²) in [5, 5.41) is 13.2. The number of likely N-dealkylation sites (N-methyl/N-ethyl adjacent to an activating group) is 1. The second-order valence-electron chi connectivity index (χ2n) is 6.07. The molecular weight excluding hydrogens is 266 g/mol. The Morgan fingerprint density at radius 2 is 2.19 bits per heavy atom. The highest BCUT2D eigenvalue weighted by Crippen LogP contribution is 2.29. The van der Waals surface area contributed by atoms with Crippen LogP contribution in [0.3, 0.4) is 0 Å². The molecule has 0 saturated heterocycles. The van der Waals surface area contributed by atoms with E-state index >= 15 is 0 Å². The lowest BCUT2D eigenvalue weighted by molar-refractivity contribution is 0.0248. The second-order valence-corrected chi connectivity index (χ2v) is 6.07. The largest absolute Gasteiger partial charge is 0.388 e. The maximum Gasteiger partial charge on any atom is 0.317 e. The number of carbonyl (C=O) groups excluding carboxylic acids is 1. The first-order valence-electron chi connectivity index (χ1n) is 7.61. The molecule has 0 unspecified atom stereocenters. The zero-order valence-corrected chi connectivity index (χ0v) is 12.9. The van der Waals surface area contributed by atoms with Crippen LogP contribution in [0, 0.1) is 6.92 Å². The fourth-order valence-electron chi connectivity index (χ4n) is 2.93. The third-order valence-corrected chi connectivity index (χ3v) is 4.22. The number of hydrogen-bond acceptors (Lipinski definition) is 3. The van der Waals surface area contributed by atoms with Gasteiger partial charge in [-0.15, -0.1) is 0 Å². The molecule has 21 heavy (non-hydrogen) atoms. The number of urea groups is 1. The van der Waals surface area contributed by atoms with Gasteiger partial charge in [0.05, 0.1) is 12.1 Å². The van der Waals surface area contributed by atoms with Crippen LogP contribution in [0.15, 0.2) is 18.5 Å². The number of pyridine rings is 1. The molecule has 116 valence electrons. The zero-order valence-electron chi connectivity index (χ0n) is 12.9. The Hall–Kier alpha value is -1.62. The average molecular weight is 291 g/mol. The van der Waals surface area contributed by atoms with Gasteiger partial charge in [0.15, 0.2) is 0 Å². The smallest absolute Gasteiger partial charge is 0.317 e. The van der Waals surface area contributed by atoms with Gasteiger partial charge in [0.2, 0.25) is 0 Å². The first-order valence-corrected chi connectivity index (χ1v) is 7.61. The molecule has 0 spiro atoms. The summed E-state index contributed by atoms with van der Waals surface area (Å²) in [7, 11) is 1.74. The molecule has 2 rings (SSSR count). The van der Waals surface area contributed by atoms with E-state index in [1.54, 1.807) is 18.1 Å². The molecular formula is C16H25N3O2. The second kappa shape index (κ2) is 6.89. The molecule has 0 aromatic carbocycles. The first kappa shape index (κ1) is 15.8. The van der Waals surface area contributed by atoms with Crippen molar-refractivity contribution in [2.75, 3.05) is 20.1 Å². The van der Waals surface area contributed by atoms with Gasteiger partial charge in [-0.3, -0.25) is 4.98 Å². The van der Waals surface area contributed by atoms with E-state index in [2.05, 4.69) is 10.3 Å². The van der Waals surface area contributed by atoms with Gasteiger partial charge in [-0.25, -0.2) is 4.79 Å². The molecule has 1 aromatic rings. The van der Waals surface area contributed by atoms with E-state index in [-0.39, 0.29) is 6.03 Å². The van der Waals surface area contributed by atoms with Crippen LogP contribution in [0.1, 0.15) is 36.8 Å². The van der Waals surface area contributed by atoms with E-state index in [0.717, 1.165) is 37.7 Å². The molecule has 1 aromatic heterocycles. The third-order valence-electron chi connectivity index (χ3n) is 4.22. The monoisotopic (exact) mass is 291 g/mol. The van der Waals surface area contributed by atoms with Crippen molar-refractivity contribution < 1.29 is 9.90 Å². The lowest BCUT2D eigenvalue weighted by Gasteiger charge is -2.28. The summed E-state index contributed by atoms with van der Waals surface area (Å²) in [5.74, 6) is 0. The number of amides is 2. The van der Waals surface area contributed by atoms with E-state index in [1.165, 1.54) is 5.56 Å². The molecule has 1 saturated carbocycles. The van der Waals surface area contributed by atoms with Crippen molar-refractivity contribution in [3.8, 4) is 0 Å². The quantitative estimate of drug-likeness (QED) is 0.870. The fraction of sp³-hybridized carbons (Fsp3) is 0.625. The van der Waals surface area contributed by atoms with Crippen molar-refractivity contribution in [1.82, 2.24) is 15.2 Å². The number of nitrogens with zero attached hydrogens (tertiary/aromatic N) is 2. The molecule has 5 heteroatoms. The van der Waals surface area contributed by atoms with E-state index in [9.17, 15) is 9.90 Å². The number of nitrogens with one attached hydrogen (secondary N) is 1. The van der Waals surface area contributed by atoms with Crippen LogP contribution in [0.4, 0.5) is 4.79 Å². The van der Waals surface area contributed by atoms with E-state index < -0.39 is 5.60 Å². The van der Waals surface area contributed by atoms with Crippen LogP contribution in [0.5, 0.6) is 0 Å². The van der Waals surface area contributed by atoms with Crippen LogP contribution < -0.4 is 5.32 Å². The number of rotatable bonds is 5. The predicted octanol–water partition coefficient (Wildman–Crippen LogP) is 1.88. The van der Waals surface area contributed by atoms with Crippen LogP contribution in [-0.2, 0) is 6.42 Å². The van der Waals surface area contributed by atoms with Crippen molar-refractivity contribution in [1.29, 1.82) is 0 Å². The lowest BCUT2D eigenvalue weighted by atomic mass is 10.0. The van der Waals surface area contributed by atoms with E-state index in [1.807, 2.05) is 19.2 Å². The summed E-state index contributed by atoms with van der Waals surface area (Å²) in [6.07, 6.45) is 8.07. The summed E-state index contributed by atoms with van der Waals surface area (Å²) in [6.45, 7) is 3.02. The fourth-order valence-corrected chi connectivity index (χ4v) is 2.93. The molecule has 2 amide bonds. The average Bonchev–Trinajstić information content (AvgIpc) is 2.87. The Labute approximate surface area is 126 Å². The molecule has 5 nitrogen and oxygen atoms in total. The maximum absolute atomic E-state index is 12.0. The van der Waals surface area contributed by atoms with Gasteiger partial charge >= 0.3 is 6.03 Å². The van der Waals surface area contributed by atoms with Gasteiger partial charge in [0.1, 0.15) is 0 Å². The lowest BCUT2D eigenvalue weighted by Crippen LogP contribution is -2.46. The van der Waals surface area contributed by atoms with Gasteiger partial charge in [-0.05, 0) is 43.4 Å². The van der Waals surface area contributed by atoms with E-state index in [4.69, 9.17) is 0 Å². The van der Waals surface area contributed by atoms with Gasteiger partial charge in [0, 0.05) is 26.0 Å². The minimum Gasteiger partial charge on any atom is -0.388 e. The van der Waals surface area contributed by atoms with Crippen LogP contribution in [0.2, 0.25) is 0 Å². The standard InChI is InChI=1S/C16H25N3O2/c1-13-11-17-9-5-14(13)6-10-18-15(20)19(2)12-16(21)7-3-4-8-16/h5,9,11,21H,3-4,6-8,10,12H2,1-2H3,(H,18,20). The summed E-state index contributed by atoms with van der Waals surface area (Å²) < 4.78 is 0. The normalized spacial score (nSPS) is 16.7. The Bertz CT molecular complexity index is 484. The Morgan fingerprint density at radius 3 is 2.86 bits per heavy atom. The van der Waals surface area contributed by atoms with Crippen molar-refractivity contribution in [2.45, 2.75) is 44.6 Å². The SMILES string of the molecule is Cc1cnccc1CCNC(=O)N(C)CC1(O)CCCC1. The van der Waals surface area contributed by atoms with Crippen molar-refractivity contribution in [3.63, 3.8) is 0 Å². The molecule has 1 fully saturated rings. The summed E-state index contributed by atoms with van der Waals surface area (Å²) in [5.41, 5.74) is 1.65. The zero-order chi connectivity index (χ0) is 15.3. The number of aliphatic hydroxyl groups is 1. The predicted molar refractivity (Wildman–Crippen MR) is 82.1 cm³/mol.